The van der Waals surface area contributed by atoms with Gasteiger partial charge < -0.3 is 25.3 Å². The average Bonchev–Trinajstić information content (AvgIpc) is 3.56. The number of phenols is 1. The van der Waals surface area contributed by atoms with Crippen molar-refractivity contribution in [3.63, 3.8) is 0 Å². The number of hydrogen-bond acceptors (Lipinski definition) is 5. The van der Waals surface area contributed by atoms with E-state index in [0.29, 0.717) is 18.7 Å². The van der Waals surface area contributed by atoms with Gasteiger partial charge in [-0.25, -0.2) is 0 Å². The number of nitro benzene ring substituents is 1. The number of nitrogens with one attached hydrogen (secondary N) is 3. The highest BCUT2D eigenvalue weighted by molar-refractivity contribution is 5.89. The number of hydrogen-bond donors (Lipinski definition) is 4. The number of non-ortho nitro benzene ring substituents is 1. The molecule has 44 heavy (non-hydrogen) atoms. The molecule has 1 amide bonds. The minimum atomic E-state index is -0.410. The fourth-order valence-electron chi connectivity index (χ4n) is 5.75. The predicted molar refractivity (Wildman–Crippen MR) is 180 cm³/mol. The lowest BCUT2D eigenvalue weighted by Crippen LogP contribution is -2.28. The first-order chi connectivity index (χ1) is 21.2. The van der Waals surface area contributed by atoms with Crippen molar-refractivity contribution in [2.75, 3.05) is 26.2 Å². The number of carbonyl (C=O) groups is 1. The quantitative estimate of drug-likeness (QED) is 0.0552. The lowest BCUT2D eigenvalue weighted by atomic mass is 10.1. The zero-order chi connectivity index (χ0) is 31.9. The largest absolute Gasteiger partial charge is 0.507 e. The van der Waals surface area contributed by atoms with Crippen LogP contribution in [0.25, 0.3) is 21.8 Å². The molecular formula is C35H51N5O4. The van der Waals surface area contributed by atoms with Gasteiger partial charge in [-0.2, -0.15) is 0 Å². The van der Waals surface area contributed by atoms with Crippen molar-refractivity contribution < 1.29 is 14.8 Å². The molecule has 0 aliphatic heterocycles. The van der Waals surface area contributed by atoms with Gasteiger partial charge in [0.2, 0.25) is 5.91 Å². The van der Waals surface area contributed by atoms with Crippen molar-refractivity contribution in [2.24, 2.45) is 0 Å². The van der Waals surface area contributed by atoms with E-state index < -0.39 is 4.92 Å². The molecule has 240 valence electrons. The number of carbonyl (C=O) groups excluding carboxylic acids is 1. The monoisotopic (exact) mass is 605 g/mol. The number of rotatable bonds is 17. The molecule has 2 heterocycles. The van der Waals surface area contributed by atoms with E-state index in [1.807, 2.05) is 19.1 Å². The Morgan fingerprint density at radius 2 is 1.66 bits per heavy atom. The number of unbranched alkanes of at least 4 members (excludes halogenated alkanes) is 6. The maximum absolute atomic E-state index is 10.8. The van der Waals surface area contributed by atoms with Crippen LogP contribution in [0.15, 0.2) is 42.6 Å². The van der Waals surface area contributed by atoms with Gasteiger partial charge in [0.25, 0.3) is 5.69 Å². The van der Waals surface area contributed by atoms with Crippen molar-refractivity contribution in [3.05, 3.63) is 69.5 Å². The van der Waals surface area contributed by atoms with Crippen LogP contribution in [0.4, 0.5) is 5.69 Å². The first kappa shape index (κ1) is 34.6. The van der Waals surface area contributed by atoms with Gasteiger partial charge in [-0.3, -0.25) is 14.9 Å². The third kappa shape index (κ3) is 10.4. The molecular weight excluding hydrogens is 554 g/mol. The fraction of sp³-hybridized carbons (Fsp3) is 0.514. The molecule has 4 aromatic rings. The van der Waals surface area contributed by atoms with Gasteiger partial charge in [-0.1, -0.05) is 58.4 Å². The Kier molecular flexibility index (Phi) is 14.2. The Hall–Kier alpha value is -3.85. The van der Waals surface area contributed by atoms with E-state index in [0.717, 1.165) is 46.0 Å². The fourth-order valence-corrected chi connectivity index (χ4v) is 5.75. The highest BCUT2D eigenvalue weighted by Crippen LogP contribution is 2.28. The van der Waals surface area contributed by atoms with E-state index in [4.69, 9.17) is 0 Å². The summed E-state index contributed by atoms with van der Waals surface area (Å²) >= 11 is 0. The first-order valence-corrected chi connectivity index (χ1v) is 16.2. The topological polar surface area (TPSA) is 127 Å². The summed E-state index contributed by atoms with van der Waals surface area (Å²) in [5.74, 6) is 0.333. The summed E-state index contributed by atoms with van der Waals surface area (Å²) in [6.07, 6.45) is 14.3. The molecule has 0 bridgehead atoms. The SMILES string of the molecule is CC(=O)NCCc1c(C)[nH]c2cc([N+](=O)[O-])ccc12.CCCCCCN(CCCCCC)CCc1c[nH]c2cccc(O)c12. The van der Waals surface area contributed by atoms with E-state index >= 15 is 0 Å². The zero-order valence-electron chi connectivity index (χ0n) is 27.0. The van der Waals surface area contributed by atoms with Crippen LogP contribution in [0.3, 0.4) is 0 Å². The second-order valence-electron chi connectivity index (χ2n) is 11.7. The summed E-state index contributed by atoms with van der Waals surface area (Å²) in [7, 11) is 0. The minimum absolute atomic E-state index is 0.0619. The molecule has 4 N–H and O–H groups in total. The van der Waals surface area contributed by atoms with Crippen LogP contribution < -0.4 is 5.32 Å². The normalized spacial score (nSPS) is 11.2. The van der Waals surface area contributed by atoms with Gasteiger partial charge in [0.1, 0.15) is 5.75 Å². The number of aromatic hydroxyl groups is 1. The number of benzene rings is 2. The molecule has 0 atom stereocenters. The third-order valence-corrected chi connectivity index (χ3v) is 8.18. The standard InChI is InChI=1S/C22H36N2O.C13H15N3O3/c1-3-5-7-9-15-24(16-10-8-6-4-2)17-14-19-18-23-20-12-11-13-21(25)22(19)20;1-8-11(5-6-14-9(2)17)12-4-3-10(16(18)19)7-13(12)15-8/h11-13,18,23,25H,3-10,14-17H2,1-2H3;3-4,7,15H,5-6H2,1-2H3,(H,14,17). The van der Waals surface area contributed by atoms with Gasteiger partial charge in [-0.05, 0) is 75.0 Å². The van der Waals surface area contributed by atoms with E-state index in [9.17, 15) is 20.0 Å². The number of aromatic nitrogens is 2. The van der Waals surface area contributed by atoms with Crippen molar-refractivity contribution in [1.82, 2.24) is 20.2 Å². The molecule has 0 radical (unpaired) electrons. The molecule has 0 spiro atoms. The number of nitro groups is 1. The Balaban J connectivity index is 0.000000249. The number of fused-ring (bicyclic) bond motifs is 2. The smallest absolute Gasteiger partial charge is 0.271 e. The van der Waals surface area contributed by atoms with Gasteiger partial charge in [0.05, 0.1) is 10.4 Å². The molecule has 0 aliphatic rings. The van der Waals surface area contributed by atoms with Gasteiger partial charge in [0.15, 0.2) is 0 Å². The molecule has 0 unspecified atom stereocenters. The maximum Gasteiger partial charge on any atom is 0.271 e. The average molecular weight is 606 g/mol. The summed E-state index contributed by atoms with van der Waals surface area (Å²) in [4.78, 5) is 30.2. The Morgan fingerprint density at radius 1 is 0.955 bits per heavy atom. The number of amides is 1. The van der Waals surface area contributed by atoms with Crippen LogP contribution in [0.5, 0.6) is 5.75 Å². The van der Waals surface area contributed by atoms with Crippen LogP contribution in [-0.4, -0.2) is 57.0 Å². The van der Waals surface area contributed by atoms with E-state index in [1.165, 1.54) is 89.1 Å². The van der Waals surface area contributed by atoms with Crippen LogP contribution in [-0.2, 0) is 17.6 Å². The van der Waals surface area contributed by atoms with Crippen molar-refractivity contribution in [2.45, 2.75) is 91.9 Å². The van der Waals surface area contributed by atoms with Gasteiger partial charge in [0, 0.05) is 60.3 Å². The molecule has 0 fully saturated rings. The number of phenolic OH excluding ortho intramolecular Hbond substituents is 1. The molecule has 2 aromatic heterocycles. The number of aromatic amines is 2. The number of aryl methyl sites for hydroxylation is 1. The van der Waals surface area contributed by atoms with Crippen LogP contribution in [0.1, 0.15) is 89.0 Å². The number of H-pyrrole nitrogens is 2. The lowest BCUT2D eigenvalue weighted by Gasteiger charge is -2.22. The number of nitrogens with zero attached hydrogens (tertiary/aromatic N) is 2. The van der Waals surface area contributed by atoms with Crippen LogP contribution >= 0.6 is 0 Å². The molecule has 4 rings (SSSR count). The van der Waals surface area contributed by atoms with Crippen LogP contribution in [0.2, 0.25) is 0 Å². The molecule has 2 aromatic carbocycles. The molecule has 0 saturated heterocycles. The highest BCUT2D eigenvalue weighted by Gasteiger charge is 2.13. The third-order valence-electron chi connectivity index (χ3n) is 8.18. The van der Waals surface area contributed by atoms with Crippen molar-refractivity contribution >= 4 is 33.4 Å². The van der Waals surface area contributed by atoms with Gasteiger partial charge in [-0.15, -0.1) is 0 Å². The van der Waals surface area contributed by atoms with E-state index in [2.05, 4.69) is 40.2 Å². The van der Waals surface area contributed by atoms with Crippen molar-refractivity contribution in [3.8, 4) is 5.75 Å². The second kappa shape index (κ2) is 18.1. The van der Waals surface area contributed by atoms with Crippen molar-refractivity contribution in [1.29, 1.82) is 0 Å². The predicted octanol–water partition coefficient (Wildman–Crippen LogP) is 7.94. The summed E-state index contributed by atoms with van der Waals surface area (Å²) in [5.41, 5.74) is 5.15. The molecule has 0 aliphatic carbocycles. The summed E-state index contributed by atoms with van der Waals surface area (Å²) in [5, 5.41) is 25.6. The maximum atomic E-state index is 10.8. The van der Waals surface area contributed by atoms with Crippen LogP contribution in [0, 0.1) is 17.0 Å². The Bertz CT molecular complexity index is 1460. The first-order valence-electron chi connectivity index (χ1n) is 16.2. The molecule has 9 nitrogen and oxygen atoms in total. The highest BCUT2D eigenvalue weighted by atomic mass is 16.6. The Morgan fingerprint density at radius 3 is 2.30 bits per heavy atom. The summed E-state index contributed by atoms with van der Waals surface area (Å²) < 4.78 is 0. The van der Waals surface area contributed by atoms with E-state index in [1.54, 1.807) is 12.1 Å². The lowest BCUT2D eigenvalue weighted by molar-refractivity contribution is -0.384. The molecule has 0 saturated carbocycles. The zero-order valence-corrected chi connectivity index (χ0v) is 27.0. The van der Waals surface area contributed by atoms with Gasteiger partial charge >= 0.3 is 0 Å². The Labute approximate surface area is 261 Å². The summed E-state index contributed by atoms with van der Waals surface area (Å²) in [6.45, 7) is 12.0. The molecule has 9 heteroatoms. The summed E-state index contributed by atoms with van der Waals surface area (Å²) in [6, 6.07) is 10.5. The minimum Gasteiger partial charge on any atom is -0.507 e. The van der Waals surface area contributed by atoms with E-state index in [-0.39, 0.29) is 11.6 Å². The second-order valence-corrected chi connectivity index (χ2v) is 11.7.